The van der Waals surface area contributed by atoms with Gasteiger partial charge >= 0.3 is 0 Å². The van der Waals surface area contributed by atoms with Crippen molar-refractivity contribution < 1.29 is 9.59 Å². The fraction of sp³-hybridized carbons (Fsp3) is 0.417. The number of amides is 2. The van der Waals surface area contributed by atoms with Crippen LogP contribution in [0.2, 0.25) is 0 Å². The van der Waals surface area contributed by atoms with Gasteiger partial charge in [0.05, 0.1) is 11.3 Å². The summed E-state index contributed by atoms with van der Waals surface area (Å²) in [6.07, 6.45) is 3.58. The Morgan fingerprint density at radius 1 is 1.68 bits per heavy atom. The largest absolute Gasteiger partial charge is 0.353 e. The fourth-order valence-corrected chi connectivity index (χ4v) is 2.21. The van der Waals surface area contributed by atoms with Crippen molar-refractivity contribution in [2.45, 2.75) is 19.4 Å². The third-order valence-corrected chi connectivity index (χ3v) is 3.19. The molecule has 1 saturated heterocycles. The van der Waals surface area contributed by atoms with E-state index in [2.05, 4.69) is 15.7 Å². The van der Waals surface area contributed by atoms with Crippen LogP contribution in [-0.4, -0.2) is 40.8 Å². The molecule has 0 spiro atoms. The maximum Gasteiger partial charge on any atom is 0.258 e. The Hall–Kier alpha value is -2.15. The summed E-state index contributed by atoms with van der Waals surface area (Å²) in [6.45, 7) is 2.83. The third kappa shape index (κ3) is 2.50. The normalized spacial score (nSPS) is 18.9. The second kappa shape index (κ2) is 5.66. The van der Waals surface area contributed by atoms with E-state index < -0.39 is 6.04 Å². The number of carbonyl (C=O) groups is 2. The Balaban J connectivity index is 2.29. The maximum absolute atomic E-state index is 12.5. The average molecular weight is 263 g/mol. The molecule has 1 atom stereocenters. The molecule has 1 aliphatic rings. The Labute approximate surface area is 111 Å². The maximum atomic E-state index is 12.5. The Morgan fingerprint density at radius 2 is 2.47 bits per heavy atom. The summed E-state index contributed by atoms with van der Waals surface area (Å²) < 4.78 is 0. The number of hydrazine groups is 1. The molecule has 7 heteroatoms. The van der Waals surface area contributed by atoms with Crippen LogP contribution in [0.25, 0.3) is 0 Å². The van der Waals surface area contributed by atoms with Gasteiger partial charge in [-0.2, -0.15) is 0 Å². The Kier molecular flexibility index (Phi) is 3.96. The number of nitrogens with zero attached hydrogens (tertiary/aromatic N) is 2. The zero-order valence-corrected chi connectivity index (χ0v) is 10.7. The van der Waals surface area contributed by atoms with Crippen LogP contribution >= 0.6 is 0 Å². The smallest absolute Gasteiger partial charge is 0.258 e. The van der Waals surface area contributed by atoms with Gasteiger partial charge in [0.15, 0.2) is 0 Å². The van der Waals surface area contributed by atoms with E-state index >= 15 is 0 Å². The second-order valence-electron chi connectivity index (χ2n) is 4.28. The van der Waals surface area contributed by atoms with E-state index in [9.17, 15) is 9.59 Å². The fourth-order valence-electron chi connectivity index (χ4n) is 2.21. The molecule has 1 aliphatic heterocycles. The summed E-state index contributed by atoms with van der Waals surface area (Å²) >= 11 is 0. The number of pyridine rings is 1. The standard InChI is InChI=1S/C12H17N5O2/c1-2-10-11(18)15-5-6-17(10)12(19)8-7-14-4-3-9(8)16-13/h3-4,7,10H,2,5-6,13H2,1H3,(H,14,16)(H,15,18). The monoisotopic (exact) mass is 263 g/mol. The summed E-state index contributed by atoms with van der Waals surface area (Å²) in [5, 5.41) is 2.76. The molecule has 1 unspecified atom stereocenters. The van der Waals surface area contributed by atoms with Gasteiger partial charge in [-0.15, -0.1) is 0 Å². The predicted molar refractivity (Wildman–Crippen MR) is 70.2 cm³/mol. The average Bonchev–Trinajstić information content (AvgIpc) is 2.46. The summed E-state index contributed by atoms with van der Waals surface area (Å²) in [5.74, 6) is 5.03. The first-order chi connectivity index (χ1) is 9.19. The molecule has 0 radical (unpaired) electrons. The Bertz CT molecular complexity index is 491. The topological polar surface area (TPSA) is 100 Å². The van der Waals surface area contributed by atoms with E-state index in [4.69, 9.17) is 5.84 Å². The molecule has 1 aromatic rings. The molecule has 0 aliphatic carbocycles. The van der Waals surface area contributed by atoms with Crippen LogP contribution < -0.4 is 16.6 Å². The number of aromatic nitrogens is 1. The first kappa shape index (κ1) is 13.3. The van der Waals surface area contributed by atoms with Crippen molar-refractivity contribution in [1.29, 1.82) is 0 Å². The van der Waals surface area contributed by atoms with Gasteiger partial charge < -0.3 is 15.6 Å². The molecule has 1 aromatic heterocycles. The molecule has 1 fully saturated rings. The number of nitrogen functional groups attached to an aromatic ring is 1. The minimum atomic E-state index is -0.438. The lowest BCUT2D eigenvalue weighted by atomic mass is 10.1. The van der Waals surface area contributed by atoms with Crippen LogP contribution in [0.3, 0.4) is 0 Å². The van der Waals surface area contributed by atoms with Crippen LogP contribution in [-0.2, 0) is 4.79 Å². The van der Waals surface area contributed by atoms with E-state index in [-0.39, 0.29) is 11.8 Å². The lowest BCUT2D eigenvalue weighted by Gasteiger charge is -2.34. The second-order valence-corrected chi connectivity index (χ2v) is 4.28. The molecular weight excluding hydrogens is 246 g/mol. The number of rotatable bonds is 3. The van der Waals surface area contributed by atoms with E-state index in [1.807, 2.05) is 6.92 Å². The van der Waals surface area contributed by atoms with Crippen molar-refractivity contribution in [2.75, 3.05) is 18.5 Å². The summed E-state index contributed by atoms with van der Waals surface area (Å²) in [6, 6.07) is 1.19. The molecular formula is C12H17N5O2. The molecule has 2 heterocycles. The number of nitrogens with two attached hydrogens (primary N) is 1. The van der Waals surface area contributed by atoms with Gasteiger partial charge in [0.1, 0.15) is 6.04 Å². The van der Waals surface area contributed by atoms with Gasteiger partial charge in [0, 0.05) is 25.5 Å². The molecule has 2 rings (SSSR count). The molecule has 4 N–H and O–H groups in total. The van der Waals surface area contributed by atoms with Crippen molar-refractivity contribution in [3.8, 4) is 0 Å². The van der Waals surface area contributed by atoms with Crippen LogP contribution in [0.4, 0.5) is 5.69 Å². The van der Waals surface area contributed by atoms with Crippen molar-refractivity contribution in [3.05, 3.63) is 24.0 Å². The number of hydrogen-bond donors (Lipinski definition) is 3. The van der Waals surface area contributed by atoms with E-state index in [0.717, 1.165) is 0 Å². The van der Waals surface area contributed by atoms with Gasteiger partial charge in [-0.05, 0) is 12.5 Å². The number of anilines is 1. The summed E-state index contributed by atoms with van der Waals surface area (Å²) in [4.78, 5) is 29.8. The van der Waals surface area contributed by atoms with Gasteiger partial charge in [-0.25, -0.2) is 0 Å². The Morgan fingerprint density at radius 3 is 3.16 bits per heavy atom. The van der Waals surface area contributed by atoms with E-state index in [1.165, 1.54) is 6.20 Å². The number of nitrogens with one attached hydrogen (secondary N) is 2. The van der Waals surface area contributed by atoms with E-state index in [1.54, 1.807) is 17.2 Å². The molecule has 2 amide bonds. The molecule has 0 aromatic carbocycles. The van der Waals surface area contributed by atoms with Crippen molar-refractivity contribution in [2.24, 2.45) is 5.84 Å². The zero-order valence-electron chi connectivity index (χ0n) is 10.7. The van der Waals surface area contributed by atoms with Gasteiger partial charge in [0.25, 0.3) is 5.91 Å². The highest BCUT2D eigenvalue weighted by Crippen LogP contribution is 2.18. The van der Waals surface area contributed by atoms with Gasteiger partial charge in [0.2, 0.25) is 5.91 Å². The predicted octanol–water partition coefficient (Wildman–Crippen LogP) is -0.282. The van der Waals surface area contributed by atoms with Crippen molar-refractivity contribution in [1.82, 2.24) is 15.2 Å². The lowest BCUT2D eigenvalue weighted by molar-refractivity contribution is -0.127. The summed E-state index contributed by atoms with van der Waals surface area (Å²) in [7, 11) is 0. The van der Waals surface area contributed by atoms with Crippen molar-refractivity contribution in [3.63, 3.8) is 0 Å². The third-order valence-electron chi connectivity index (χ3n) is 3.19. The highest BCUT2D eigenvalue weighted by atomic mass is 16.2. The molecule has 19 heavy (non-hydrogen) atoms. The molecule has 7 nitrogen and oxygen atoms in total. The highest BCUT2D eigenvalue weighted by molar-refractivity contribution is 6.01. The van der Waals surface area contributed by atoms with Crippen LogP contribution in [0.15, 0.2) is 18.5 Å². The van der Waals surface area contributed by atoms with Crippen LogP contribution in [0, 0.1) is 0 Å². The summed E-state index contributed by atoms with van der Waals surface area (Å²) in [5.41, 5.74) is 3.35. The van der Waals surface area contributed by atoms with Gasteiger partial charge in [-0.1, -0.05) is 6.92 Å². The molecule has 0 bridgehead atoms. The van der Waals surface area contributed by atoms with Crippen LogP contribution in [0.1, 0.15) is 23.7 Å². The number of piperazine rings is 1. The first-order valence-electron chi connectivity index (χ1n) is 6.18. The quantitative estimate of drug-likeness (QED) is 0.514. The first-order valence-corrected chi connectivity index (χ1v) is 6.18. The van der Waals surface area contributed by atoms with Crippen LogP contribution in [0.5, 0.6) is 0 Å². The van der Waals surface area contributed by atoms with Gasteiger partial charge in [-0.3, -0.25) is 20.4 Å². The van der Waals surface area contributed by atoms with Crippen molar-refractivity contribution >= 4 is 17.5 Å². The molecule has 102 valence electrons. The number of carbonyl (C=O) groups excluding carboxylic acids is 2. The lowest BCUT2D eigenvalue weighted by Crippen LogP contribution is -2.57. The minimum Gasteiger partial charge on any atom is -0.353 e. The number of hydrogen-bond acceptors (Lipinski definition) is 5. The highest BCUT2D eigenvalue weighted by Gasteiger charge is 2.32. The zero-order chi connectivity index (χ0) is 13.8. The SMILES string of the molecule is CCC1C(=O)NCCN1C(=O)c1cnccc1NN. The minimum absolute atomic E-state index is 0.117. The molecule has 0 saturated carbocycles. The van der Waals surface area contributed by atoms with E-state index in [0.29, 0.717) is 30.8 Å².